The van der Waals surface area contributed by atoms with Crippen LogP contribution in [0.15, 0.2) is 36.4 Å². The molecule has 1 saturated heterocycles. The Bertz CT molecular complexity index is 1100. The Morgan fingerprint density at radius 1 is 1.29 bits per heavy atom. The maximum absolute atomic E-state index is 9.95. The molecule has 2 aromatic carbocycles. The van der Waals surface area contributed by atoms with Crippen molar-refractivity contribution in [1.82, 2.24) is 5.01 Å². The lowest BCUT2D eigenvalue weighted by Gasteiger charge is -2.36. The van der Waals surface area contributed by atoms with Crippen LogP contribution in [0.1, 0.15) is 55.4 Å². The summed E-state index contributed by atoms with van der Waals surface area (Å²) in [6, 6.07) is 11.9. The lowest BCUT2D eigenvalue weighted by molar-refractivity contribution is -1.07. The van der Waals surface area contributed by atoms with Gasteiger partial charge in [0.25, 0.3) is 0 Å². The Morgan fingerprint density at radius 3 is 2.68 bits per heavy atom. The van der Waals surface area contributed by atoms with Gasteiger partial charge in [0.05, 0.1) is 36.2 Å². The summed E-state index contributed by atoms with van der Waals surface area (Å²) in [6.07, 6.45) is 8.24. The molecule has 208 valence electrons. The predicted molar refractivity (Wildman–Crippen MR) is 159 cm³/mol. The molecule has 1 fully saturated rings. The van der Waals surface area contributed by atoms with E-state index in [1.807, 2.05) is 36.2 Å². The summed E-state index contributed by atoms with van der Waals surface area (Å²) in [4.78, 5) is 0. The van der Waals surface area contributed by atoms with Crippen molar-refractivity contribution >= 4 is 42.1 Å². The minimum atomic E-state index is -0.396. The number of allylic oxidation sites excluding steroid dienone is 1. The molecule has 0 radical (unpaired) electrons. The van der Waals surface area contributed by atoms with Crippen LogP contribution in [0.2, 0.25) is 5.02 Å². The number of thiol groups is 1. The minimum absolute atomic E-state index is 0.350. The molecule has 2 atom stereocenters. The molecule has 2 aromatic rings. The zero-order chi connectivity index (χ0) is 28.1. The summed E-state index contributed by atoms with van der Waals surface area (Å²) in [5.74, 6) is 2.13. The summed E-state index contributed by atoms with van der Waals surface area (Å²) >= 11 is 15.8. The second-order valence-corrected chi connectivity index (χ2v) is 11.0. The third-order valence-electron chi connectivity index (χ3n) is 6.20. The Labute approximate surface area is 243 Å². The lowest BCUT2D eigenvalue weighted by atomic mass is 10.0. The lowest BCUT2D eigenvalue weighted by Crippen LogP contribution is -2.53. The quantitative estimate of drug-likeness (QED) is 0.132. The number of hydrogen-bond acceptors (Lipinski definition) is 6. The molecule has 0 amide bonds. The van der Waals surface area contributed by atoms with E-state index in [0.29, 0.717) is 41.3 Å². The number of rotatable bonds is 10. The van der Waals surface area contributed by atoms with Crippen LogP contribution in [0, 0.1) is 24.2 Å². The molecular weight excluding hydrogens is 541 g/mol. The van der Waals surface area contributed by atoms with Gasteiger partial charge in [0.1, 0.15) is 38.3 Å². The first-order chi connectivity index (χ1) is 18.1. The fraction of sp³-hybridized carbons (Fsp3) is 0.483. The first-order valence-electron chi connectivity index (χ1n) is 13.0. The first kappa shape index (κ1) is 32.3. The SMILES string of the molecule is C/C=C\c1cc(OCC2CCCN([N+](C)(O)S)C2)ccc1C.CCCc1cc(Cl)c(OCCCl)c(C#N)c1. The summed E-state index contributed by atoms with van der Waals surface area (Å²) < 4.78 is 10.9. The van der Waals surface area contributed by atoms with Crippen LogP contribution >= 0.6 is 36.0 Å². The van der Waals surface area contributed by atoms with Crippen LogP contribution in [-0.2, 0) is 6.42 Å². The van der Waals surface area contributed by atoms with Crippen molar-refractivity contribution < 1.29 is 18.8 Å². The molecule has 1 heterocycles. The van der Waals surface area contributed by atoms with E-state index < -0.39 is 4.16 Å². The van der Waals surface area contributed by atoms with Gasteiger partial charge in [-0.15, -0.1) is 16.6 Å². The van der Waals surface area contributed by atoms with Gasteiger partial charge >= 0.3 is 0 Å². The average Bonchev–Trinajstić information content (AvgIpc) is 2.88. The number of quaternary nitrogens is 1. The van der Waals surface area contributed by atoms with Crippen LogP contribution in [0.3, 0.4) is 0 Å². The highest BCUT2D eigenvalue weighted by Crippen LogP contribution is 2.30. The van der Waals surface area contributed by atoms with E-state index in [0.717, 1.165) is 50.1 Å². The van der Waals surface area contributed by atoms with E-state index in [4.69, 9.17) is 37.9 Å². The third kappa shape index (κ3) is 10.3. The van der Waals surface area contributed by atoms with Crippen molar-refractivity contribution in [3.63, 3.8) is 0 Å². The number of hydrogen-bond donors (Lipinski definition) is 2. The summed E-state index contributed by atoms with van der Waals surface area (Å²) in [5, 5.41) is 21.4. The largest absolute Gasteiger partial charge is 0.493 e. The maximum Gasteiger partial charge on any atom is 0.155 e. The van der Waals surface area contributed by atoms with Crippen molar-refractivity contribution in [2.24, 2.45) is 5.92 Å². The maximum atomic E-state index is 9.95. The van der Waals surface area contributed by atoms with E-state index in [2.05, 4.69) is 50.9 Å². The fourth-order valence-electron chi connectivity index (χ4n) is 4.26. The Kier molecular flexibility index (Phi) is 13.8. The summed E-state index contributed by atoms with van der Waals surface area (Å²) in [5.41, 5.74) is 3.97. The average molecular weight is 582 g/mol. The number of nitrogens with zero attached hydrogens (tertiary/aromatic N) is 3. The Morgan fingerprint density at radius 2 is 2.05 bits per heavy atom. The Hall–Kier alpha value is -1.92. The molecule has 0 spiro atoms. The van der Waals surface area contributed by atoms with E-state index in [1.54, 1.807) is 7.05 Å². The monoisotopic (exact) mass is 580 g/mol. The predicted octanol–water partition coefficient (Wildman–Crippen LogP) is 7.50. The molecule has 1 aliphatic rings. The minimum Gasteiger partial charge on any atom is -0.493 e. The molecule has 1 N–H and O–H groups in total. The zero-order valence-corrected chi connectivity index (χ0v) is 25.2. The first-order valence-corrected chi connectivity index (χ1v) is 14.3. The topological polar surface area (TPSA) is 65.7 Å². The smallest absolute Gasteiger partial charge is 0.155 e. The number of hydroxylamine groups is 1. The number of alkyl halides is 1. The van der Waals surface area contributed by atoms with Gasteiger partial charge in [-0.25, -0.2) is 0 Å². The van der Waals surface area contributed by atoms with Gasteiger partial charge in [-0.2, -0.15) is 10.5 Å². The molecule has 2 unspecified atom stereocenters. The molecule has 0 aromatic heterocycles. The summed E-state index contributed by atoms with van der Waals surface area (Å²) in [6.45, 7) is 8.88. The van der Waals surface area contributed by atoms with E-state index in [1.165, 1.54) is 11.1 Å². The highest BCUT2D eigenvalue weighted by atomic mass is 35.5. The molecule has 3 rings (SSSR count). The molecule has 38 heavy (non-hydrogen) atoms. The molecular formula is C29H40Cl2N3O3S+. The number of nitriles is 1. The van der Waals surface area contributed by atoms with Gasteiger partial charge in [0.15, 0.2) is 5.75 Å². The molecule has 6 nitrogen and oxygen atoms in total. The van der Waals surface area contributed by atoms with E-state index >= 15 is 0 Å². The van der Waals surface area contributed by atoms with Crippen LogP contribution in [-0.4, -0.2) is 53.6 Å². The highest BCUT2D eigenvalue weighted by Gasteiger charge is 2.32. The van der Waals surface area contributed by atoms with Gasteiger partial charge in [-0.3, -0.25) is 0 Å². The molecule has 0 bridgehead atoms. The normalized spacial score (nSPS) is 17.3. The van der Waals surface area contributed by atoms with Gasteiger partial charge in [0.2, 0.25) is 0 Å². The molecule has 9 heteroatoms. The number of benzene rings is 2. The van der Waals surface area contributed by atoms with Gasteiger partial charge in [-0.1, -0.05) is 47.3 Å². The zero-order valence-electron chi connectivity index (χ0n) is 22.8. The van der Waals surface area contributed by atoms with Crippen molar-refractivity contribution in [3.8, 4) is 17.6 Å². The van der Waals surface area contributed by atoms with Crippen LogP contribution in [0.25, 0.3) is 6.08 Å². The second-order valence-electron chi connectivity index (χ2n) is 9.47. The Balaban J connectivity index is 0.000000281. The van der Waals surface area contributed by atoms with Gasteiger partial charge in [-0.05, 0) is 74.1 Å². The van der Waals surface area contributed by atoms with Crippen molar-refractivity contribution in [3.05, 3.63) is 63.7 Å². The van der Waals surface area contributed by atoms with E-state index in [-0.39, 0.29) is 0 Å². The number of piperidine rings is 1. The second kappa shape index (κ2) is 16.2. The van der Waals surface area contributed by atoms with Crippen molar-refractivity contribution in [1.29, 1.82) is 5.26 Å². The number of aryl methyl sites for hydroxylation is 2. The highest BCUT2D eigenvalue weighted by molar-refractivity contribution is 7.74. The van der Waals surface area contributed by atoms with Crippen LogP contribution < -0.4 is 9.47 Å². The summed E-state index contributed by atoms with van der Waals surface area (Å²) in [7, 11) is 1.66. The number of ether oxygens (including phenoxy) is 2. The molecule has 0 saturated carbocycles. The van der Waals surface area contributed by atoms with Crippen LogP contribution in [0.4, 0.5) is 0 Å². The molecule has 1 aliphatic heterocycles. The number of halogens is 2. The third-order valence-corrected chi connectivity index (χ3v) is 6.89. The van der Waals surface area contributed by atoms with Gasteiger partial charge < -0.3 is 9.47 Å². The standard InChI is InChI=1S/C17H27N2O2S.C12H13Cl2NO/c1-4-6-16-11-17(9-8-14(16)2)21-13-15-7-5-10-18(12-15)19(3,20)22;1-2-3-9-6-10(8-15)12(11(14)7-9)16-5-4-13/h4,6,8-9,11,15,20,22H,5,7,10,12-13H2,1-3H3;6-7H,2-5H2,1H3/q+1;/b6-4-;. The van der Waals surface area contributed by atoms with E-state index in [9.17, 15) is 5.21 Å². The van der Waals surface area contributed by atoms with Crippen molar-refractivity contribution in [2.45, 2.75) is 46.5 Å². The molecule has 0 aliphatic carbocycles. The van der Waals surface area contributed by atoms with Gasteiger partial charge in [0, 0.05) is 5.92 Å². The fourth-order valence-corrected chi connectivity index (χ4v) is 4.79. The van der Waals surface area contributed by atoms with Crippen LogP contribution in [0.5, 0.6) is 11.5 Å². The van der Waals surface area contributed by atoms with Crippen molar-refractivity contribution in [2.75, 3.05) is 39.2 Å².